The standard InChI is InChI=1S/C15H15ClF2N2O/c1-21-14-8-9(5-6-11(14)17)13(20-19)7-10-3-2-4-12(18)15(10)16/h2-6,8,13,20H,7,19H2,1H3. The average molecular weight is 313 g/mol. The van der Waals surface area contributed by atoms with E-state index in [0.717, 1.165) is 5.56 Å². The second kappa shape index (κ2) is 6.85. The van der Waals surface area contributed by atoms with E-state index in [1.165, 1.54) is 19.2 Å². The number of benzene rings is 2. The van der Waals surface area contributed by atoms with Gasteiger partial charge in [0.2, 0.25) is 0 Å². The molecule has 0 bridgehead atoms. The summed E-state index contributed by atoms with van der Waals surface area (Å²) in [7, 11) is 1.39. The number of nitrogens with one attached hydrogen (secondary N) is 1. The lowest BCUT2D eigenvalue weighted by molar-refractivity contribution is 0.384. The second-order valence-corrected chi connectivity index (χ2v) is 4.91. The minimum Gasteiger partial charge on any atom is -0.494 e. The fourth-order valence-electron chi connectivity index (χ4n) is 2.09. The van der Waals surface area contributed by atoms with E-state index in [9.17, 15) is 8.78 Å². The zero-order valence-electron chi connectivity index (χ0n) is 11.4. The summed E-state index contributed by atoms with van der Waals surface area (Å²) in [5.41, 5.74) is 3.96. The van der Waals surface area contributed by atoms with Gasteiger partial charge in [-0.15, -0.1) is 0 Å². The number of ether oxygens (including phenoxy) is 1. The van der Waals surface area contributed by atoms with Crippen molar-refractivity contribution in [1.82, 2.24) is 5.43 Å². The molecule has 0 spiro atoms. The van der Waals surface area contributed by atoms with Gasteiger partial charge in [-0.2, -0.15) is 0 Å². The first-order chi connectivity index (χ1) is 10.1. The quantitative estimate of drug-likeness (QED) is 0.657. The number of hydrogen-bond donors (Lipinski definition) is 2. The van der Waals surface area contributed by atoms with Crippen LogP contribution in [0.5, 0.6) is 5.75 Å². The molecule has 3 nitrogen and oxygen atoms in total. The van der Waals surface area contributed by atoms with Crippen molar-refractivity contribution < 1.29 is 13.5 Å². The lowest BCUT2D eigenvalue weighted by Gasteiger charge is -2.18. The van der Waals surface area contributed by atoms with Crippen LogP contribution in [0.3, 0.4) is 0 Å². The Balaban J connectivity index is 2.30. The molecule has 3 N–H and O–H groups in total. The van der Waals surface area contributed by atoms with E-state index in [1.807, 2.05) is 0 Å². The maximum absolute atomic E-state index is 13.5. The van der Waals surface area contributed by atoms with Gasteiger partial charge in [0, 0.05) is 0 Å². The molecule has 0 fully saturated rings. The minimum atomic E-state index is -0.485. The molecule has 0 aromatic heterocycles. The number of hydrogen-bond acceptors (Lipinski definition) is 3. The molecular formula is C15H15ClF2N2O. The SMILES string of the molecule is COc1cc(C(Cc2cccc(F)c2Cl)NN)ccc1F. The molecule has 2 aromatic carbocycles. The molecule has 1 unspecified atom stereocenters. The van der Waals surface area contributed by atoms with E-state index >= 15 is 0 Å². The van der Waals surface area contributed by atoms with E-state index in [0.29, 0.717) is 12.0 Å². The Morgan fingerprint density at radius 2 is 2.00 bits per heavy atom. The Kier molecular flexibility index (Phi) is 5.12. The molecule has 0 amide bonds. The molecule has 0 saturated heterocycles. The van der Waals surface area contributed by atoms with Crippen molar-refractivity contribution >= 4 is 11.6 Å². The monoisotopic (exact) mass is 312 g/mol. The first-order valence-corrected chi connectivity index (χ1v) is 6.67. The van der Waals surface area contributed by atoms with Gasteiger partial charge in [0.25, 0.3) is 0 Å². The van der Waals surface area contributed by atoms with E-state index in [2.05, 4.69) is 5.43 Å². The Labute approximate surface area is 126 Å². The highest BCUT2D eigenvalue weighted by atomic mass is 35.5. The Bertz CT molecular complexity index is 637. The molecule has 1 atom stereocenters. The average Bonchev–Trinajstić information content (AvgIpc) is 2.49. The highest BCUT2D eigenvalue weighted by molar-refractivity contribution is 6.31. The van der Waals surface area contributed by atoms with Gasteiger partial charge in [-0.3, -0.25) is 11.3 Å². The van der Waals surface area contributed by atoms with Crippen LogP contribution >= 0.6 is 11.6 Å². The summed E-state index contributed by atoms with van der Waals surface area (Å²) >= 11 is 5.94. The van der Waals surface area contributed by atoms with Gasteiger partial charge in [0.1, 0.15) is 5.82 Å². The van der Waals surface area contributed by atoms with Crippen molar-refractivity contribution in [2.24, 2.45) is 5.84 Å². The van der Waals surface area contributed by atoms with Crippen molar-refractivity contribution in [3.63, 3.8) is 0 Å². The van der Waals surface area contributed by atoms with Crippen LogP contribution in [-0.4, -0.2) is 7.11 Å². The van der Waals surface area contributed by atoms with E-state index in [-0.39, 0.29) is 16.8 Å². The van der Waals surface area contributed by atoms with Crippen LogP contribution in [0.25, 0.3) is 0 Å². The molecule has 2 aromatic rings. The van der Waals surface area contributed by atoms with Crippen molar-refractivity contribution in [2.45, 2.75) is 12.5 Å². The predicted molar refractivity (Wildman–Crippen MR) is 78.1 cm³/mol. The molecule has 6 heteroatoms. The third-order valence-corrected chi connectivity index (χ3v) is 3.66. The van der Waals surface area contributed by atoms with Crippen LogP contribution in [0.4, 0.5) is 8.78 Å². The number of methoxy groups -OCH3 is 1. The Morgan fingerprint density at radius 3 is 2.67 bits per heavy atom. The van der Waals surface area contributed by atoms with E-state index in [1.54, 1.807) is 24.3 Å². The zero-order chi connectivity index (χ0) is 15.4. The van der Waals surface area contributed by atoms with Crippen LogP contribution in [0.15, 0.2) is 36.4 Å². The highest BCUT2D eigenvalue weighted by Gasteiger charge is 2.16. The zero-order valence-corrected chi connectivity index (χ0v) is 12.1. The fourth-order valence-corrected chi connectivity index (χ4v) is 2.30. The molecule has 0 saturated carbocycles. The summed E-state index contributed by atoms with van der Waals surface area (Å²) in [5.74, 6) is 4.73. The lowest BCUT2D eigenvalue weighted by atomic mass is 9.99. The van der Waals surface area contributed by atoms with Gasteiger partial charge >= 0.3 is 0 Å². The Hall–Kier alpha value is -1.69. The highest BCUT2D eigenvalue weighted by Crippen LogP contribution is 2.28. The third kappa shape index (κ3) is 3.50. The maximum atomic E-state index is 13.5. The number of halogens is 3. The van der Waals surface area contributed by atoms with Gasteiger partial charge in [-0.1, -0.05) is 29.8 Å². The first-order valence-electron chi connectivity index (χ1n) is 6.29. The summed E-state index contributed by atoms with van der Waals surface area (Å²) in [6.07, 6.45) is 0.363. The minimum absolute atomic E-state index is 0.0619. The number of hydrazine groups is 1. The summed E-state index contributed by atoms with van der Waals surface area (Å²) in [6.45, 7) is 0. The van der Waals surface area contributed by atoms with Gasteiger partial charge in [-0.25, -0.2) is 8.78 Å². The van der Waals surface area contributed by atoms with Crippen molar-refractivity contribution in [3.05, 3.63) is 64.2 Å². The van der Waals surface area contributed by atoms with Crippen molar-refractivity contribution in [2.75, 3.05) is 7.11 Å². The first kappa shape index (κ1) is 15.7. The van der Waals surface area contributed by atoms with Crippen LogP contribution in [-0.2, 0) is 6.42 Å². The van der Waals surface area contributed by atoms with Crippen LogP contribution in [0.2, 0.25) is 5.02 Å². The third-order valence-electron chi connectivity index (χ3n) is 3.23. The summed E-state index contributed by atoms with van der Waals surface area (Å²) in [6, 6.07) is 8.68. The predicted octanol–water partition coefficient (Wildman–Crippen LogP) is 3.37. The molecule has 2 rings (SSSR count). The second-order valence-electron chi connectivity index (χ2n) is 4.53. The topological polar surface area (TPSA) is 47.3 Å². The summed E-state index contributed by atoms with van der Waals surface area (Å²) in [5, 5.41) is 0.0619. The largest absolute Gasteiger partial charge is 0.494 e. The van der Waals surface area contributed by atoms with Crippen LogP contribution < -0.4 is 16.0 Å². The van der Waals surface area contributed by atoms with E-state index in [4.69, 9.17) is 22.2 Å². The molecule has 0 aliphatic carbocycles. The molecule has 0 aliphatic heterocycles. The number of rotatable bonds is 5. The van der Waals surface area contributed by atoms with Gasteiger partial charge in [-0.05, 0) is 35.7 Å². The fraction of sp³-hybridized carbons (Fsp3) is 0.200. The summed E-state index contributed by atoms with van der Waals surface area (Å²) in [4.78, 5) is 0. The molecule has 112 valence electrons. The molecule has 0 aliphatic rings. The van der Waals surface area contributed by atoms with Crippen LogP contribution in [0, 0.1) is 11.6 Å². The maximum Gasteiger partial charge on any atom is 0.165 e. The van der Waals surface area contributed by atoms with Gasteiger partial charge in [0.05, 0.1) is 18.2 Å². The lowest BCUT2D eigenvalue weighted by Crippen LogP contribution is -2.29. The van der Waals surface area contributed by atoms with Crippen molar-refractivity contribution in [3.8, 4) is 5.75 Å². The summed E-state index contributed by atoms with van der Waals surface area (Å²) < 4.78 is 31.8. The molecule has 0 radical (unpaired) electrons. The van der Waals surface area contributed by atoms with Crippen LogP contribution in [0.1, 0.15) is 17.2 Å². The number of nitrogens with two attached hydrogens (primary N) is 1. The van der Waals surface area contributed by atoms with E-state index < -0.39 is 11.6 Å². The smallest absolute Gasteiger partial charge is 0.165 e. The van der Waals surface area contributed by atoms with Crippen molar-refractivity contribution in [1.29, 1.82) is 0 Å². The molecule has 21 heavy (non-hydrogen) atoms. The normalized spacial score (nSPS) is 12.2. The van der Waals surface area contributed by atoms with Gasteiger partial charge in [0.15, 0.2) is 11.6 Å². The molecule has 0 heterocycles. The molecular weight excluding hydrogens is 298 g/mol. The Morgan fingerprint density at radius 1 is 1.24 bits per heavy atom. The van der Waals surface area contributed by atoms with Gasteiger partial charge < -0.3 is 4.74 Å².